The van der Waals surface area contributed by atoms with E-state index in [-0.39, 0.29) is 5.91 Å². The van der Waals surface area contributed by atoms with E-state index >= 15 is 0 Å². The number of rotatable bonds is 4. The Morgan fingerprint density at radius 3 is 2.38 bits per heavy atom. The highest BCUT2D eigenvalue weighted by Gasteiger charge is 2.07. The molecule has 0 aliphatic carbocycles. The Bertz CT molecular complexity index is 1040. The smallest absolute Gasteiger partial charge is 0.255 e. The Morgan fingerprint density at radius 2 is 1.58 bits per heavy atom. The van der Waals surface area contributed by atoms with Gasteiger partial charge >= 0.3 is 0 Å². The van der Waals surface area contributed by atoms with Gasteiger partial charge in [0.15, 0.2) is 0 Å². The van der Waals surface area contributed by atoms with Gasteiger partial charge < -0.3 is 10.1 Å². The monoisotopic (exact) mass is 340 g/mol. The average Bonchev–Trinajstić information content (AvgIpc) is 2.69. The van der Waals surface area contributed by atoms with Crippen molar-refractivity contribution in [3.05, 3.63) is 96.7 Å². The normalized spacial score (nSPS) is 10.5. The van der Waals surface area contributed by atoms with Crippen LogP contribution < -0.4 is 10.1 Å². The first-order valence-electron chi connectivity index (χ1n) is 8.27. The first kappa shape index (κ1) is 15.8. The van der Waals surface area contributed by atoms with E-state index in [1.165, 1.54) is 0 Å². The number of aromatic nitrogens is 1. The van der Waals surface area contributed by atoms with Gasteiger partial charge in [0, 0.05) is 22.8 Å². The minimum atomic E-state index is -0.174. The number of benzene rings is 3. The highest BCUT2D eigenvalue weighted by atomic mass is 16.5. The topological polar surface area (TPSA) is 51.2 Å². The molecule has 0 saturated heterocycles. The van der Waals surface area contributed by atoms with E-state index in [1.54, 1.807) is 30.5 Å². The highest BCUT2D eigenvalue weighted by molar-refractivity contribution is 6.05. The number of nitrogens with one attached hydrogen (secondary N) is 1. The predicted octanol–water partition coefficient (Wildman–Crippen LogP) is 5.28. The van der Waals surface area contributed by atoms with Crippen LogP contribution in [0.2, 0.25) is 0 Å². The molecule has 1 heterocycles. The Kier molecular flexibility index (Phi) is 4.31. The fourth-order valence-electron chi connectivity index (χ4n) is 2.65. The maximum atomic E-state index is 12.4. The van der Waals surface area contributed by atoms with Crippen LogP contribution in [-0.4, -0.2) is 10.9 Å². The maximum Gasteiger partial charge on any atom is 0.255 e. The summed E-state index contributed by atoms with van der Waals surface area (Å²) >= 11 is 0. The van der Waals surface area contributed by atoms with Gasteiger partial charge in [-0.1, -0.05) is 30.3 Å². The predicted molar refractivity (Wildman–Crippen MR) is 103 cm³/mol. The van der Waals surface area contributed by atoms with E-state index in [0.29, 0.717) is 17.0 Å². The van der Waals surface area contributed by atoms with Crippen molar-refractivity contribution in [1.82, 2.24) is 4.98 Å². The number of anilines is 1. The third-order valence-corrected chi connectivity index (χ3v) is 3.96. The number of carbonyl (C=O) groups excluding carboxylic acids is 1. The summed E-state index contributed by atoms with van der Waals surface area (Å²) in [6.45, 7) is 0. The van der Waals surface area contributed by atoms with Crippen LogP contribution in [-0.2, 0) is 0 Å². The van der Waals surface area contributed by atoms with Crippen LogP contribution in [0.1, 0.15) is 10.4 Å². The van der Waals surface area contributed by atoms with Crippen LogP contribution in [0.4, 0.5) is 5.69 Å². The van der Waals surface area contributed by atoms with Gasteiger partial charge in [-0.15, -0.1) is 0 Å². The number of fused-ring (bicyclic) bond motifs is 1. The molecule has 1 N–H and O–H groups in total. The first-order valence-corrected chi connectivity index (χ1v) is 8.27. The van der Waals surface area contributed by atoms with Crippen molar-refractivity contribution in [2.75, 3.05) is 5.32 Å². The molecular weight excluding hydrogens is 324 g/mol. The zero-order valence-corrected chi connectivity index (χ0v) is 13.9. The average molecular weight is 340 g/mol. The number of hydrogen-bond acceptors (Lipinski definition) is 3. The number of hydrogen-bond donors (Lipinski definition) is 1. The van der Waals surface area contributed by atoms with E-state index in [4.69, 9.17) is 4.74 Å². The SMILES string of the molecule is O=C(Nc1ccc2cccnc2c1)c1ccc(Oc2ccccc2)cc1. The maximum absolute atomic E-state index is 12.4. The van der Waals surface area contributed by atoms with Crippen LogP contribution in [0.25, 0.3) is 10.9 Å². The summed E-state index contributed by atoms with van der Waals surface area (Å²) in [4.78, 5) is 16.8. The largest absolute Gasteiger partial charge is 0.457 e. The van der Waals surface area contributed by atoms with Gasteiger partial charge in [0.25, 0.3) is 5.91 Å². The summed E-state index contributed by atoms with van der Waals surface area (Å²) in [5.41, 5.74) is 2.12. The summed E-state index contributed by atoms with van der Waals surface area (Å²) in [5.74, 6) is 1.27. The Morgan fingerprint density at radius 1 is 0.808 bits per heavy atom. The van der Waals surface area contributed by atoms with E-state index in [0.717, 1.165) is 16.7 Å². The molecule has 26 heavy (non-hydrogen) atoms. The van der Waals surface area contributed by atoms with Crippen molar-refractivity contribution < 1.29 is 9.53 Å². The Balaban J connectivity index is 1.47. The molecule has 0 unspecified atom stereocenters. The van der Waals surface area contributed by atoms with Crippen LogP contribution in [0.15, 0.2) is 91.1 Å². The third kappa shape index (κ3) is 3.54. The van der Waals surface area contributed by atoms with E-state index in [1.807, 2.05) is 60.7 Å². The second-order valence-corrected chi connectivity index (χ2v) is 5.80. The number of carbonyl (C=O) groups is 1. The lowest BCUT2D eigenvalue weighted by atomic mass is 10.1. The van der Waals surface area contributed by atoms with Crippen molar-refractivity contribution in [2.45, 2.75) is 0 Å². The summed E-state index contributed by atoms with van der Waals surface area (Å²) < 4.78 is 5.74. The minimum Gasteiger partial charge on any atom is -0.457 e. The molecule has 0 aliphatic rings. The van der Waals surface area contributed by atoms with Crippen LogP contribution in [0.5, 0.6) is 11.5 Å². The molecule has 0 aliphatic heterocycles. The number of ether oxygens (including phenoxy) is 1. The van der Waals surface area contributed by atoms with Gasteiger partial charge in [-0.2, -0.15) is 0 Å². The lowest BCUT2D eigenvalue weighted by molar-refractivity contribution is 0.102. The zero-order chi connectivity index (χ0) is 17.8. The van der Waals surface area contributed by atoms with Crippen LogP contribution in [0, 0.1) is 0 Å². The lowest BCUT2D eigenvalue weighted by Gasteiger charge is -2.08. The molecule has 0 atom stereocenters. The molecule has 126 valence electrons. The fraction of sp³-hybridized carbons (Fsp3) is 0. The van der Waals surface area contributed by atoms with E-state index < -0.39 is 0 Å². The molecule has 1 aromatic heterocycles. The molecule has 0 bridgehead atoms. The summed E-state index contributed by atoms with van der Waals surface area (Å²) in [7, 11) is 0. The standard InChI is InChI=1S/C22H16N2O2/c25-22(24-18-11-8-16-5-4-14-23-21(16)15-18)17-9-12-20(13-10-17)26-19-6-2-1-3-7-19/h1-15H,(H,24,25). The molecule has 4 heteroatoms. The van der Waals surface area contributed by atoms with Crippen molar-refractivity contribution in [2.24, 2.45) is 0 Å². The van der Waals surface area contributed by atoms with E-state index in [9.17, 15) is 4.79 Å². The van der Waals surface area contributed by atoms with Gasteiger partial charge in [-0.3, -0.25) is 9.78 Å². The van der Waals surface area contributed by atoms with Crippen molar-refractivity contribution in [1.29, 1.82) is 0 Å². The number of pyridine rings is 1. The number of nitrogens with zero attached hydrogens (tertiary/aromatic N) is 1. The molecule has 3 aromatic carbocycles. The van der Waals surface area contributed by atoms with E-state index in [2.05, 4.69) is 10.3 Å². The van der Waals surface area contributed by atoms with Crippen LogP contribution in [0.3, 0.4) is 0 Å². The molecule has 0 radical (unpaired) electrons. The lowest BCUT2D eigenvalue weighted by Crippen LogP contribution is -2.11. The zero-order valence-electron chi connectivity index (χ0n) is 13.9. The fourth-order valence-corrected chi connectivity index (χ4v) is 2.65. The molecular formula is C22H16N2O2. The Hall–Kier alpha value is -3.66. The molecule has 0 saturated carbocycles. The highest BCUT2D eigenvalue weighted by Crippen LogP contribution is 2.22. The molecule has 0 spiro atoms. The first-order chi connectivity index (χ1) is 12.8. The number of amides is 1. The van der Waals surface area contributed by atoms with Gasteiger partial charge in [0.05, 0.1) is 5.52 Å². The molecule has 4 aromatic rings. The summed E-state index contributed by atoms with van der Waals surface area (Å²) in [6, 6.07) is 26.1. The summed E-state index contributed by atoms with van der Waals surface area (Å²) in [5, 5.41) is 3.93. The van der Waals surface area contributed by atoms with Gasteiger partial charge in [0.1, 0.15) is 11.5 Å². The van der Waals surface area contributed by atoms with Crippen LogP contribution >= 0.6 is 0 Å². The van der Waals surface area contributed by atoms with Gasteiger partial charge in [0.2, 0.25) is 0 Å². The molecule has 4 nitrogen and oxygen atoms in total. The molecule has 1 amide bonds. The molecule has 0 fully saturated rings. The Labute approximate surface area is 151 Å². The third-order valence-electron chi connectivity index (χ3n) is 3.96. The van der Waals surface area contributed by atoms with Gasteiger partial charge in [-0.25, -0.2) is 0 Å². The van der Waals surface area contributed by atoms with Crippen molar-refractivity contribution in [3.8, 4) is 11.5 Å². The second-order valence-electron chi connectivity index (χ2n) is 5.80. The van der Waals surface area contributed by atoms with Gasteiger partial charge in [-0.05, 0) is 54.6 Å². The quantitative estimate of drug-likeness (QED) is 0.550. The minimum absolute atomic E-state index is 0.174. The summed E-state index contributed by atoms with van der Waals surface area (Å²) in [6.07, 6.45) is 1.74. The number of para-hydroxylation sites is 1. The molecule has 4 rings (SSSR count). The second kappa shape index (κ2) is 7.07. The van der Waals surface area contributed by atoms with Crippen molar-refractivity contribution >= 4 is 22.5 Å². The van der Waals surface area contributed by atoms with Crippen molar-refractivity contribution in [3.63, 3.8) is 0 Å².